The van der Waals surface area contributed by atoms with Gasteiger partial charge in [0.1, 0.15) is 17.2 Å². The molecule has 7 heteroatoms. The van der Waals surface area contributed by atoms with Crippen LogP contribution in [-0.4, -0.2) is 15.3 Å². The Labute approximate surface area is 116 Å². The van der Waals surface area contributed by atoms with Gasteiger partial charge in [-0.15, -0.1) is 0 Å². The molecule has 2 heterocycles. The van der Waals surface area contributed by atoms with Gasteiger partial charge in [-0.2, -0.15) is 0 Å². The Balaban J connectivity index is 1.87. The number of pyridine rings is 1. The average Bonchev–Trinajstić information content (AvgIpc) is 2.86. The van der Waals surface area contributed by atoms with Gasteiger partial charge in [-0.25, -0.2) is 18.2 Å². The molecule has 0 fully saturated rings. The van der Waals surface area contributed by atoms with Crippen molar-refractivity contribution in [3.63, 3.8) is 0 Å². The van der Waals surface area contributed by atoms with Crippen molar-refractivity contribution in [3.05, 3.63) is 65.9 Å². The highest BCUT2D eigenvalue weighted by atomic mass is 19.2. The van der Waals surface area contributed by atoms with E-state index in [0.717, 1.165) is 12.1 Å². The lowest BCUT2D eigenvalue weighted by atomic mass is 10.3. The minimum atomic E-state index is -1.06. The van der Waals surface area contributed by atoms with Crippen LogP contribution in [0.2, 0.25) is 0 Å². The highest BCUT2D eigenvalue weighted by molar-refractivity contribution is 6.03. The van der Waals surface area contributed by atoms with E-state index in [-0.39, 0.29) is 11.4 Å². The summed E-state index contributed by atoms with van der Waals surface area (Å²) in [6, 6.07) is 5.64. The number of amides is 1. The molecule has 1 amide bonds. The summed E-state index contributed by atoms with van der Waals surface area (Å²) in [7, 11) is 0. The number of fused-ring (bicyclic) bond motifs is 1. The van der Waals surface area contributed by atoms with Gasteiger partial charge in [0.2, 0.25) is 0 Å². The van der Waals surface area contributed by atoms with Crippen LogP contribution in [0.3, 0.4) is 0 Å². The predicted octanol–water partition coefficient (Wildman–Crippen LogP) is 3.00. The number of nitrogens with one attached hydrogen (secondary N) is 1. The lowest BCUT2D eigenvalue weighted by Gasteiger charge is -2.03. The number of nitrogens with zero attached hydrogens (tertiary/aromatic N) is 2. The van der Waals surface area contributed by atoms with Crippen LogP contribution in [0.1, 0.15) is 10.5 Å². The number of rotatable bonds is 2. The number of imidazole rings is 1. The van der Waals surface area contributed by atoms with Gasteiger partial charge in [0, 0.05) is 24.1 Å². The summed E-state index contributed by atoms with van der Waals surface area (Å²) in [5.41, 5.74) is 0.527. The maximum absolute atomic E-state index is 13.1. The van der Waals surface area contributed by atoms with E-state index in [1.807, 2.05) is 0 Å². The Morgan fingerprint density at radius 3 is 2.62 bits per heavy atom. The van der Waals surface area contributed by atoms with Crippen molar-refractivity contribution >= 4 is 17.2 Å². The molecule has 0 radical (unpaired) electrons. The zero-order valence-electron chi connectivity index (χ0n) is 10.5. The molecule has 2 aromatic heterocycles. The predicted molar refractivity (Wildman–Crippen MR) is 69.5 cm³/mol. The van der Waals surface area contributed by atoms with Gasteiger partial charge in [0.25, 0.3) is 5.91 Å². The quantitative estimate of drug-likeness (QED) is 0.789. The van der Waals surface area contributed by atoms with E-state index < -0.39 is 23.4 Å². The van der Waals surface area contributed by atoms with E-state index in [0.29, 0.717) is 5.65 Å². The number of carbonyl (C=O) groups is 1. The summed E-state index contributed by atoms with van der Waals surface area (Å²) < 4.78 is 40.3. The van der Waals surface area contributed by atoms with Crippen LogP contribution in [0.4, 0.5) is 18.9 Å². The molecular weight excluding hydrogens is 283 g/mol. The standard InChI is InChI=1S/C14H8F3N3O/c15-8-1-4-13-19-12(7-20(13)6-8)14(21)18-9-2-3-10(16)11(17)5-9/h1-7H,(H,18,21). The number of hydrogen-bond acceptors (Lipinski definition) is 2. The molecule has 0 unspecified atom stereocenters. The molecule has 1 N–H and O–H groups in total. The monoisotopic (exact) mass is 291 g/mol. The highest BCUT2D eigenvalue weighted by Gasteiger charge is 2.12. The minimum Gasteiger partial charge on any atom is -0.320 e. The molecular formula is C14H8F3N3O. The lowest BCUT2D eigenvalue weighted by molar-refractivity contribution is 0.102. The topological polar surface area (TPSA) is 46.4 Å². The molecule has 0 aliphatic rings. The van der Waals surface area contributed by atoms with Crippen molar-refractivity contribution in [2.24, 2.45) is 0 Å². The summed E-state index contributed by atoms with van der Waals surface area (Å²) in [6.07, 6.45) is 2.52. The average molecular weight is 291 g/mol. The van der Waals surface area contributed by atoms with Crippen molar-refractivity contribution in [3.8, 4) is 0 Å². The normalized spacial score (nSPS) is 10.8. The third-order valence-corrected chi connectivity index (χ3v) is 2.83. The van der Waals surface area contributed by atoms with Gasteiger partial charge in [0.05, 0.1) is 0 Å². The summed E-state index contributed by atoms with van der Waals surface area (Å²) >= 11 is 0. The van der Waals surface area contributed by atoms with E-state index in [1.165, 1.54) is 35.0 Å². The molecule has 0 saturated carbocycles. The molecule has 0 bridgehead atoms. The van der Waals surface area contributed by atoms with Crippen LogP contribution in [0.5, 0.6) is 0 Å². The number of hydrogen-bond donors (Lipinski definition) is 1. The highest BCUT2D eigenvalue weighted by Crippen LogP contribution is 2.14. The van der Waals surface area contributed by atoms with Gasteiger partial charge >= 0.3 is 0 Å². The Hall–Kier alpha value is -2.83. The second-order valence-electron chi connectivity index (χ2n) is 4.32. The Morgan fingerprint density at radius 2 is 1.86 bits per heavy atom. The number of benzene rings is 1. The SMILES string of the molecule is O=C(Nc1ccc(F)c(F)c1)c1cn2cc(F)ccc2n1. The van der Waals surface area contributed by atoms with Gasteiger partial charge in [-0.3, -0.25) is 4.79 Å². The van der Waals surface area contributed by atoms with Crippen LogP contribution in [0.15, 0.2) is 42.7 Å². The minimum absolute atomic E-state index is 0.0327. The summed E-state index contributed by atoms with van der Waals surface area (Å²) in [5.74, 6) is -3.14. The van der Waals surface area contributed by atoms with Crippen LogP contribution in [0.25, 0.3) is 5.65 Å². The van der Waals surface area contributed by atoms with E-state index in [2.05, 4.69) is 10.3 Å². The summed E-state index contributed by atoms with van der Waals surface area (Å²) in [4.78, 5) is 16.0. The lowest BCUT2D eigenvalue weighted by Crippen LogP contribution is -2.12. The Morgan fingerprint density at radius 1 is 1.05 bits per heavy atom. The van der Waals surface area contributed by atoms with E-state index in [1.54, 1.807) is 0 Å². The number of anilines is 1. The summed E-state index contributed by atoms with van der Waals surface area (Å²) in [6.45, 7) is 0. The largest absolute Gasteiger partial charge is 0.320 e. The number of carbonyl (C=O) groups excluding carboxylic acids is 1. The molecule has 106 valence electrons. The third kappa shape index (κ3) is 2.58. The fourth-order valence-corrected chi connectivity index (χ4v) is 1.84. The van der Waals surface area contributed by atoms with Crippen molar-refractivity contribution in [1.29, 1.82) is 0 Å². The summed E-state index contributed by atoms with van der Waals surface area (Å²) in [5, 5.41) is 2.39. The fourth-order valence-electron chi connectivity index (χ4n) is 1.84. The van der Waals surface area contributed by atoms with Crippen LogP contribution in [0, 0.1) is 17.5 Å². The number of aromatic nitrogens is 2. The first kappa shape index (κ1) is 13.2. The molecule has 1 aromatic carbocycles. The van der Waals surface area contributed by atoms with E-state index in [9.17, 15) is 18.0 Å². The molecule has 3 rings (SSSR count). The van der Waals surface area contributed by atoms with Crippen LogP contribution in [-0.2, 0) is 0 Å². The van der Waals surface area contributed by atoms with E-state index >= 15 is 0 Å². The Kier molecular flexibility index (Phi) is 3.09. The van der Waals surface area contributed by atoms with Crippen molar-refractivity contribution in [1.82, 2.24) is 9.38 Å². The molecule has 3 aromatic rings. The molecule has 21 heavy (non-hydrogen) atoms. The van der Waals surface area contributed by atoms with Gasteiger partial charge < -0.3 is 9.72 Å². The van der Waals surface area contributed by atoms with Crippen molar-refractivity contribution in [2.75, 3.05) is 5.32 Å². The molecule has 0 saturated heterocycles. The molecule has 0 spiro atoms. The molecule has 0 aliphatic carbocycles. The first-order valence-corrected chi connectivity index (χ1v) is 5.93. The zero-order chi connectivity index (χ0) is 15.0. The van der Waals surface area contributed by atoms with Gasteiger partial charge in [0.15, 0.2) is 11.6 Å². The van der Waals surface area contributed by atoms with Crippen molar-refractivity contribution < 1.29 is 18.0 Å². The van der Waals surface area contributed by atoms with E-state index in [4.69, 9.17) is 0 Å². The van der Waals surface area contributed by atoms with Gasteiger partial charge in [-0.1, -0.05) is 0 Å². The fraction of sp³-hybridized carbons (Fsp3) is 0. The second kappa shape index (κ2) is 4.93. The first-order chi connectivity index (χ1) is 10.0. The third-order valence-electron chi connectivity index (χ3n) is 2.83. The van der Waals surface area contributed by atoms with Crippen LogP contribution < -0.4 is 5.32 Å². The van der Waals surface area contributed by atoms with Gasteiger partial charge in [-0.05, 0) is 24.3 Å². The maximum atomic E-state index is 13.1. The maximum Gasteiger partial charge on any atom is 0.275 e. The Bertz CT molecular complexity index is 845. The van der Waals surface area contributed by atoms with Crippen LogP contribution >= 0.6 is 0 Å². The molecule has 0 atom stereocenters. The number of halogens is 3. The second-order valence-corrected chi connectivity index (χ2v) is 4.32. The first-order valence-electron chi connectivity index (χ1n) is 5.93. The van der Waals surface area contributed by atoms with Crippen molar-refractivity contribution in [2.45, 2.75) is 0 Å². The zero-order valence-corrected chi connectivity index (χ0v) is 10.5. The smallest absolute Gasteiger partial charge is 0.275 e. The molecule has 0 aliphatic heterocycles. The molecule has 4 nitrogen and oxygen atoms in total.